The highest BCUT2D eigenvalue weighted by atomic mass is 32.2. The van der Waals surface area contributed by atoms with Crippen LogP contribution in [0, 0.1) is 12.3 Å². The van der Waals surface area contributed by atoms with Crippen molar-refractivity contribution in [2.24, 2.45) is 0 Å². The van der Waals surface area contributed by atoms with E-state index < -0.39 is 0 Å². The number of thioether (sulfide) groups is 1. The third-order valence-corrected chi connectivity index (χ3v) is 4.30. The molecule has 0 aromatic carbocycles. The molecule has 3 unspecified atom stereocenters. The molecule has 0 saturated heterocycles. The first-order chi connectivity index (χ1) is 8.17. The van der Waals surface area contributed by atoms with Gasteiger partial charge >= 0.3 is 0 Å². The number of rotatable bonds is 5. The molecule has 1 rings (SSSR count). The minimum absolute atomic E-state index is 0.00535. The van der Waals surface area contributed by atoms with E-state index in [1.165, 1.54) is 19.3 Å². The van der Waals surface area contributed by atoms with Crippen molar-refractivity contribution in [1.82, 2.24) is 10.6 Å². The molecule has 0 spiro atoms. The molecule has 0 aromatic rings. The molecule has 1 aliphatic carbocycles. The van der Waals surface area contributed by atoms with E-state index in [2.05, 4.69) is 22.8 Å². The van der Waals surface area contributed by atoms with E-state index in [9.17, 15) is 4.79 Å². The van der Waals surface area contributed by atoms with Crippen LogP contribution in [0.4, 0.5) is 0 Å². The van der Waals surface area contributed by atoms with Crippen LogP contribution in [-0.4, -0.2) is 36.0 Å². The molecule has 0 heterocycles. The molecule has 0 aliphatic heterocycles. The molecule has 96 valence electrons. The summed E-state index contributed by atoms with van der Waals surface area (Å²) in [7, 11) is 0. The molecule has 1 saturated carbocycles. The molecule has 1 amide bonds. The molecular weight excluding hydrogens is 232 g/mol. The smallest absolute Gasteiger partial charge is 0.237 e. The first kappa shape index (κ1) is 14.4. The van der Waals surface area contributed by atoms with Crippen molar-refractivity contribution in [2.75, 3.05) is 12.8 Å². The number of carbonyl (C=O) groups is 1. The molecule has 1 aliphatic rings. The van der Waals surface area contributed by atoms with Crippen LogP contribution in [0.5, 0.6) is 0 Å². The second kappa shape index (κ2) is 7.62. The summed E-state index contributed by atoms with van der Waals surface area (Å²) in [5, 5.41) is 6.84. The second-order valence-electron chi connectivity index (χ2n) is 4.53. The summed E-state index contributed by atoms with van der Waals surface area (Å²) in [5.41, 5.74) is 0. The standard InChI is InChI=1S/C13H22N2OS/c1-4-8-14-13(16)10(2)15-11-6-5-7-12(9-11)17-3/h1,10-12,15H,5-9H2,2-3H3,(H,14,16). The zero-order valence-electron chi connectivity index (χ0n) is 10.7. The first-order valence-electron chi connectivity index (χ1n) is 6.17. The third-order valence-electron chi connectivity index (χ3n) is 3.20. The van der Waals surface area contributed by atoms with Crippen molar-refractivity contribution in [2.45, 2.75) is 49.9 Å². The topological polar surface area (TPSA) is 41.1 Å². The van der Waals surface area contributed by atoms with Gasteiger partial charge in [-0.05, 0) is 32.4 Å². The number of terminal acetylenes is 1. The molecule has 0 bridgehead atoms. The van der Waals surface area contributed by atoms with Crippen LogP contribution in [0.3, 0.4) is 0 Å². The van der Waals surface area contributed by atoms with Gasteiger partial charge in [-0.1, -0.05) is 12.3 Å². The first-order valence-corrected chi connectivity index (χ1v) is 7.46. The maximum absolute atomic E-state index is 11.7. The molecule has 17 heavy (non-hydrogen) atoms. The van der Waals surface area contributed by atoms with Gasteiger partial charge < -0.3 is 10.6 Å². The quantitative estimate of drug-likeness (QED) is 0.729. The Hall–Kier alpha value is -0.660. The Bertz CT molecular complexity index is 288. The Morgan fingerprint density at radius 2 is 2.35 bits per heavy atom. The summed E-state index contributed by atoms with van der Waals surface area (Å²) in [6.45, 7) is 2.21. The largest absolute Gasteiger partial charge is 0.344 e. The fourth-order valence-electron chi connectivity index (χ4n) is 2.23. The fourth-order valence-corrected chi connectivity index (χ4v) is 3.06. The molecule has 2 N–H and O–H groups in total. The summed E-state index contributed by atoms with van der Waals surface area (Å²) < 4.78 is 0. The van der Waals surface area contributed by atoms with Gasteiger partial charge in [-0.15, -0.1) is 6.42 Å². The van der Waals surface area contributed by atoms with Crippen molar-refractivity contribution in [3.63, 3.8) is 0 Å². The number of amides is 1. The average Bonchev–Trinajstić information content (AvgIpc) is 2.36. The van der Waals surface area contributed by atoms with E-state index >= 15 is 0 Å². The Labute approximate surface area is 108 Å². The van der Waals surface area contributed by atoms with Crippen molar-refractivity contribution < 1.29 is 4.79 Å². The SMILES string of the molecule is C#CCNC(=O)C(C)NC1CCCC(SC)C1. The maximum Gasteiger partial charge on any atom is 0.237 e. The van der Waals surface area contributed by atoms with Gasteiger partial charge in [-0.2, -0.15) is 11.8 Å². The van der Waals surface area contributed by atoms with Gasteiger partial charge in [-0.3, -0.25) is 4.79 Å². The van der Waals surface area contributed by atoms with E-state index in [1.807, 2.05) is 18.7 Å². The molecule has 0 radical (unpaired) electrons. The van der Waals surface area contributed by atoms with Gasteiger partial charge in [0, 0.05) is 11.3 Å². The Balaban J connectivity index is 2.32. The predicted octanol–water partition coefficient (Wildman–Crippen LogP) is 1.39. The molecule has 4 heteroatoms. The van der Waals surface area contributed by atoms with Crippen molar-refractivity contribution >= 4 is 17.7 Å². The lowest BCUT2D eigenvalue weighted by molar-refractivity contribution is -0.122. The van der Waals surface area contributed by atoms with Crippen LogP contribution in [0.1, 0.15) is 32.6 Å². The number of nitrogens with one attached hydrogen (secondary N) is 2. The minimum atomic E-state index is -0.158. The highest BCUT2D eigenvalue weighted by molar-refractivity contribution is 7.99. The second-order valence-corrected chi connectivity index (χ2v) is 5.67. The maximum atomic E-state index is 11.7. The summed E-state index contributed by atoms with van der Waals surface area (Å²) in [4.78, 5) is 11.7. The van der Waals surface area contributed by atoms with Crippen LogP contribution in [0.15, 0.2) is 0 Å². The Kier molecular flexibility index (Phi) is 6.46. The monoisotopic (exact) mass is 254 g/mol. The zero-order chi connectivity index (χ0) is 12.7. The molecule has 0 aromatic heterocycles. The van der Waals surface area contributed by atoms with E-state index in [0.29, 0.717) is 12.6 Å². The molecule has 3 nitrogen and oxygen atoms in total. The van der Waals surface area contributed by atoms with Gasteiger partial charge in [0.05, 0.1) is 12.6 Å². The summed E-state index contributed by atoms with van der Waals surface area (Å²) >= 11 is 1.93. The van der Waals surface area contributed by atoms with E-state index in [-0.39, 0.29) is 11.9 Å². The number of carbonyl (C=O) groups excluding carboxylic acids is 1. The van der Waals surface area contributed by atoms with Crippen molar-refractivity contribution in [3.05, 3.63) is 0 Å². The van der Waals surface area contributed by atoms with E-state index in [1.54, 1.807) is 0 Å². The number of hydrogen-bond acceptors (Lipinski definition) is 3. The minimum Gasteiger partial charge on any atom is -0.344 e. The van der Waals surface area contributed by atoms with Crippen LogP contribution in [-0.2, 0) is 4.79 Å². The Morgan fingerprint density at radius 3 is 3.00 bits per heavy atom. The summed E-state index contributed by atoms with van der Waals surface area (Å²) in [5.74, 6) is 2.40. The van der Waals surface area contributed by atoms with E-state index in [4.69, 9.17) is 6.42 Å². The summed E-state index contributed by atoms with van der Waals surface area (Å²) in [6, 6.07) is 0.307. The van der Waals surface area contributed by atoms with Crippen LogP contribution in [0.2, 0.25) is 0 Å². The van der Waals surface area contributed by atoms with Crippen LogP contribution < -0.4 is 10.6 Å². The van der Waals surface area contributed by atoms with Gasteiger partial charge in [-0.25, -0.2) is 0 Å². The average molecular weight is 254 g/mol. The lowest BCUT2D eigenvalue weighted by atomic mass is 9.94. The van der Waals surface area contributed by atoms with Gasteiger partial charge in [0.1, 0.15) is 0 Å². The lowest BCUT2D eigenvalue weighted by Crippen LogP contribution is -2.48. The zero-order valence-corrected chi connectivity index (χ0v) is 11.5. The lowest BCUT2D eigenvalue weighted by Gasteiger charge is -2.30. The van der Waals surface area contributed by atoms with Gasteiger partial charge in [0.2, 0.25) is 5.91 Å². The highest BCUT2D eigenvalue weighted by Gasteiger charge is 2.24. The van der Waals surface area contributed by atoms with Crippen LogP contribution in [0.25, 0.3) is 0 Å². The molecule has 1 fully saturated rings. The predicted molar refractivity (Wildman–Crippen MR) is 74.0 cm³/mol. The summed E-state index contributed by atoms with van der Waals surface area (Å²) in [6.07, 6.45) is 12.2. The Morgan fingerprint density at radius 1 is 1.59 bits per heavy atom. The van der Waals surface area contributed by atoms with Crippen molar-refractivity contribution in [3.8, 4) is 12.3 Å². The highest BCUT2D eigenvalue weighted by Crippen LogP contribution is 2.27. The van der Waals surface area contributed by atoms with Crippen LogP contribution >= 0.6 is 11.8 Å². The third kappa shape index (κ3) is 5.01. The fraction of sp³-hybridized carbons (Fsp3) is 0.769. The molecular formula is C13H22N2OS. The molecule has 3 atom stereocenters. The number of hydrogen-bond donors (Lipinski definition) is 2. The normalized spacial score (nSPS) is 25.9. The van der Waals surface area contributed by atoms with Crippen molar-refractivity contribution in [1.29, 1.82) is 0 Å². The van der Waals surface area contributed by atoms with E-state index in [0.717, 1.165) is 11.7 Å². The van der Waals surface area contributed by atoms with Gasteiger partial charge in [0.15, 0.2) is 0 Å². The van der Waals surface area contributed by atoms with Gasteiger partial charge in [0.25, 0.3) is 0 Å².